The van der Waals surface area contributed by atoms with Crippen molar-refractivity contribution in [3.63, 3.8) is 0 Å². The van der Waals surface area contributed by atoms with Gasteiger partial charge in [-0.3, -0.25) is 0 Å². The predicted molar refractivity (Wildman–Crippen MR) is 184 cm³/mol. The predicted octanol–water partition coefficient (Wildman–Crippen LogP) is 10.1. The van der Waals surface area contributed by atoms with Gasteiger partial charge in [-0.1, -0.05) is 24.3 Å². The lowest BCUT2D eigenvalue weighted by Crippen LogP contribution is -2.06. The standard InChI is InChI=1S/C38H29F8N5O4/c1-52-30-15-20(5-7-28(30)54-32-17-24(9-11-48-32)37(41,42)43)26(39)13-22-3-4-23(35-34(22)36(47)51-19-50-35)14-27(40)21-6-8-29(31(16-21)53-2)55-33-18-25(10-12-49-33)38(44,45)46/h3-12,15-19,26-27H,13-14H2,1-2H3,(H2,47,50,51). The highest BCUT2D eigenvalue weighted by atomic mass is 19.4. The number of ether oxygens (including phenoxy) is 4. The van der Waals surface area contributed by atoms with E-state index in [0.29, 0.717) is 16.5 Å². The van der Waals surface area contributed by atoms with Gasteiger partial charge in [0.2, 0.25) is 11.8 Å². The number of aromatic nitrogens is 4. The minimum absolute atomic E-state index is 0.00557. The maximum Gasteiger partial charge on any atom is 0.416 e. The molecule has 17 heteroatoms. The monoisotopic (exact) mass is 771 g/mol. The molecule has 0 aliphatic heterocycles. The molecule has 2 N–H and O–H groups in total. The highest BCUT2D eigenvalue weighted by molar-refractivity contribution is 5.93. The number of nitrogens with two attached hydrogens (primary N) is 1. The lowest BCUT2D eigenvalue weighted by Gasteiger charge is -2.17. The highest BCUT2D eigenvalue weighted by Crippen LogP contribution is 2.40. The van der Waals surface area contributed by atoms with Gasteiger partial charge in [-0.25, -0.2) is 28.7 Å². The average Bonchev–Trinajstić information content (AvgIpc) is 3.15. The van der Waals surface area contributed by atoms with E-state index in [1.54, 1.807) is 12.1 Å². The van der Waals surface area contributed by atoms with Crippen LogP contribution in [-0.2, 0) is 25.2 Å². The first kappa shape index (κ1) is 38.5. The summed E-state index contributed by atoms with van der Waals surface area (Å²) < 4.78 is 132. The lowest BCUT2D eigenvalue weighted by molar-refractivity contribution is -0.138. The molecule has 0 saturated carbocycles. The summed E-state index contributed by atoms with van der Waals surface area (Å²) in [5, 5.41) is 0.312. The number of benzene rings is 3. The zero-order valence-electron chi connectivity index (χ0n) is 28.8. The smallest absolute Gasteiger partial charge is 0.416 e. The molecule has 3 aromatic carbocycles. The normalized spacial score (nSPS) is 13.0. The fourth-order valence-corrected chi connectivity index (χ4v) is 5.71. The molecule has 0 aliphatic rings. The first-order valence-corrected chi connectivity index (χ1v) is 16.2. The Morgan fingerprint density at radius 1 is 0.582 bits per heavy atom. The van der Waals surface area contributed by atoms with E-state index < -0.39 is 35.8 Å². The van der Waals surface area contributed by atoms with Crippen LogP contribution >= 0.6 is 0 Å². The summed E-state index contributed by atoms with van der Waals surface area (Å²) in [6.07, 6.45) is -9.81. The molecule has 286 valence electrons. The first-order chi connectivity index (χ1) is 26.1. The Morgan fingerprint density at radius 2 is 1.05 bits per heavy atom. The summed E-state index contributed by atoms with van der Waals surface area (Å²) in [5.74, 6) is -0.546. The Bertz CT molecular complexity index is 2320. The van der Waals surface area contributed by atoms with Gasteiger partial charge in [0.15, 0.2) is 23.0 Å². The van der Waals surface area contributed by atoms with Crippen molar-refractivity contribution in [1.29, 1.82) is 0 Å². The number of pyridine rings is 2. The number of hydrogen-bond donors (Lipinski definition) is 1. The van der Waals surface area contributed by atoms with E-state index in [0.717, 1.165) is 36.7 Å². The number of anilines is 1. The SMILES string of the molecule is COc1cc(C(F)Cc2ccc(CC(F)c3ccc(Oc4cc(C(F)(F)F)ccn4)c(OC)c3)c3c(N)ncnc23)ccc1Oc1cc(C(F)(F)F)ccn1. The van der Waals surface area contributed by atoms with Gasteiger partial charge in [-0.15, -0.1) is 0 Å². The Labute approximate surface area is 307 Å². The van der Waals surface area contributed by atoms with Gasteiger partial charge in [-0.2, -0.15) is 26.3 Å². The van der Waals surface area contributed by atoms with Crippen molar-refractivity contribution in [3.05, 3.63) is 125 Å². The number of fused-ring (bicyclic) bond motifs is 1. The second-order valence-electron chi connectivity index (χ2n) is 12.0. The zero-order valence-corrected chi connectivity index (χ0v) is 28.8. The van der Waals surface area contributed by atoms with Crippen LogP contribution in [0, 0.1) is 0 Å². The van der Waals surface area contributed by atoms with Gasteiger partial charge in [0, 0.05) is 42.8 Å². The molecular weight excluding hydrogens is 742 g/mol. The van der Waals surface area contributed by atoms with Crippen LogP contribution in [0.1, 0.15) is 45.7 Å². The molecule has 3 aromatic heterocycles. The van der Waals surface area contributed by atoms with Crippen molar-refractivity contribution < 1.29 is 54.1 Å². The van der Waals surface area contributed by atoms with E-state index >= 15 is 8.78 Å². The fraction of sp³-hybridized carbons (Fsp3) is 0.211. The van der Waals surface area contributed by atoms with Crippen molar-refractivity contribution >= 4 is 16.7 Å². The molecule has 0 radical (unpaired) electrons. The number of nitrogen functional groups attached to an aromatic ring is 1. The molecule has 2 unspecified atom stereocenters. The molecule has 0 saturated heterocycles. The van der Waals surface area contributed by atoms with E-state index in [-0.39, 0.29) is 70.1 Å². The maximum atomic E-state index is 15.9. The summed E-state index contributed by atoms with van der Waals surface area (Å²) in [7, 11) is 2.58. The Balaban J connectivity index is 1.20. The third-order valence-electron chi connectivity index (χ3n) is 8.44. The number of hydrogen-bond acceptors (Lipinski definition) is 9. The quantitative estimate of drug-likeness (QED) is 0.121. The van der Waals surface area contributed by atoms with Crippen LogP contribution in [0.4, 0.5) is 40.9 Å². The van der Waals surface area contributed by atoms with Crippen LogP contribution in [0.25, 0.3) is 10.9 Å². The summed E-state index contributed by atoms with van der Waals surface area (Å²) in [5.41, 5.74) is 5.76. The molecule has 0 bridgehead atoms. The lowest BCUT2D eigenvalue weighted by atomic mass is 9.94. The number of halogens is 8. The Morgan fingerprint density at radius 3 is 1.53 bits per heavy atom. The van der Waals surface area contributed by atoms with Crippen molar-refractivity contribution in [2.75, 3.05) is 20.0 Å². The molecule has 6 aromatic rings. The number of alkyl halides is 8. The van der Waals surface area contributed by atoms with Crippen LogP contribution in [0.3, 0.4) is 0 Å². The summed E-state index contributed by atoms with van der Waals surface area (Å²) in [4.78, 5) is 16.0. The van der Waals surface area contributed by atoms with E-state index in [1.165, 1.54) is 56.9 Å². The van der Waals surface area contributed by atoms with Gasteiger partial charge in [0.1, 0.15) is 24.5 Å². The van der Waals surface area contributed by atoms with Gasteiger partial charge in [-0.05, 0) is 58.7 Å². The van der Waals surface area contributed by atoms with Gasteiger partial charge < -0.3 is 24.7 Å². The van der Waals surface area contributed by atoms with E-state index in [1.807, 2.05) is 0 Å². The van der Waals surface area contributed by atoms with Gasteiger partial charge in [0.25, 0.3) is 0 Å². The molecular formula is C38H29F8N5O4. The largest absolute Gasteiger partial charge is 0.493 e. The molecule has 0 fully saturated rings. The highest BCUT2D eigenvalue weighted by Gasteiger charge is 2.32. The minimum atomic E-state index is -4.61. The zero-order chi connectivity index (χ0) is 39.5. The Kier molecular flexibility index (Phi) is 10.9. The van der Waals surface area contributed by atoms with Crippen LogP contribution in [0.2, 0.25) is 0 Å². The molecule has 6 rings (SSSR count). The summed E-state index contributed by atoms with van der Waals surface area (Å²) in [6.45, 7) is 0. The fourth-order valence-electron chi connectivity index (χ4n) is 5.71. The van der Waals surface area contributed by atoms with E-state index in [4.69, 9.17) is 24.7 Å². The number of nitrogens with zero attached hydrogens (tertiary/aromatic N) is 4. The second kappa shape index (κ2) is 15.6. The number of methoxy groups -OCH3 is 2. The maximum absolute atomic E-state index is 15.9. The number of rotatable bonds is 12. The summed E-state index contributed by atoms with van der Waals surface area (Å²) in [6, 6.07) is 14.4. The third kappa shape index (κ3) is 8.77. The molecule has 0 amide bonds. The van der Waals surface area contributed by atoms with Crippen LogP contribution < -0.4 is 24.7 Å². The van der Waals surface area contributed by atoms with Crippen LogP contribution in [0.5, 0.6) is 34.8 Å². The topological polar surface area (TPSA) is 114 Å². The summed E-state index contributed by atoms with van der Waals surface area (Å²) >= 11 is 0. The van der Waals surface area contributed by atoms with Crippen LogP contribution in [-0.4, -0.2) is 34.2 Å². The Hall–Kier alpha value is -6.26. The average molecular weight is 772 g/mol. The van der Waals surface area contributed by atoms with E-state index in [9.17, 15) is 26.3 Å². The molecule has 55 heavy (non-hydrogen) atoms. The van der Waals surface area contributed by atoms with Crippen LogP contribution in [0.15, 0.2) is 91.5 Å². The van der Waals surface area contributed by atoms with Crippen molar-refractivity contribution in [2.45, 2.75) is 37.5 Å². The van der Waals surface area contributed by atoms with Gasteiger partial charge in [0.05, 0.1) is 30.9 Å². The van der Waals surface area contributed by atoms with Gasteiger partial charge >= 0.3 is 12.4 Å². The van der Waals surface area contributed by atoms with Crippen molar-refractivity contribution in [3.8, 4) is 34.8 Å². The molecule has 9 nitrogen and oxygen atoms in total. The second-order valence-corrected chi connectivity index (χ2v) is 12.0. The van der Waals surface area contributed by atoms with E-state index in [2.05, 4.69) is 19.9 Å². The molecule has 0 spiro atoms. The minimum Gasteiger partial charge on any atom is -0.493 e. The first-order valence-electron chi connectivity index (χ1n) is 16.2. The third-order valence-corrected chi connectivity index (χ3v) is 8.44. The molecule has 3 heterocycles. The molecule has 2 atom stereocenters. The van der Waals surface area contributed by atoms with Crippen molar-refractivity contribution in [2.24, 2.45) is 0 Å². The van der Waals surface area contributed by atoms with Crippen molar-refractivity contribution in [1.82, 2.24) is 19.9 Å². The molecule has 0 aliphatic carbocycles.